The number of sulfonamides is 1. The summed E-state index contributed by atoms with van der Waals surface area (Å²) in [7, 11) is -3.39. The first kappa shape index (κ1) is 20.7. The molecular formula is C20H26ClN3O3S. The summed E-state index contributed by atoms with van der Waals surface area (Å²) in [6.07, 6.45) is 5.00. The molecule has 152 valence electrons. The zero-order valence-corrected chi connectivity index (χ0v) is 17.8. The molecule has 28 heavy (non-hydrogen) atoms. The van der Waals surface area contributed by atoms with Crippen molar-refractivity contribution in [2.24, 2.45) is 0 Å². The van der Waals surface area contributed by atoms with E-state index in [-0.39, 0.29) is 5.91 Å². The Labute approximate surface area is 171 Å². The molecule has 0 aliphatic carbocycles. The topological polar surface area (TPSA) is 71.4 Å². The largest absolute Gasteiger partial charge is 0.347 e. The number of likely N-dealkylation sites (tertiary alicyclic amines) is 1. The Morgan fingerprint density at radius 3 is 2.68 bits per heavy atom. The number of hydrogen-bond acceptors (Lipinski definition) is 3. The zero-order valence-electron chi connectivity index (χ0n) is 16.2. The number of aryl methyl sites for hydroxylation is 1. The predicted molar refractivity (Wildman–Crippen MR) is 113 cm³/mol. The lowest BCUT2D eigenvalue weighted by Gasteiger charge is -2.32. The van der Waals surface area contributed by atoms with Crippen molar-refractivity contribution in [3.63, 3.8) is 0 Å². The Bertz CT molecular complexity index is 989. The van der Waals surface area contributed by atoms with Crippen LogP contribution in [0.15, 0.2) is 42.2 Å². The van der Waals surface area contributed by atoms with Crippen molar-refractivity contribution in [2.75, 3.05) is 13.1 Å². The number of benzene rings is 1. The smallest absolute Gasteiger partial charge is 0.235 e. The van der Waals surface area contributed by atoms with E-state index in [2.05, 4.69) is 4.72 Å². The van der Waals surface area contributed by atoms with Crippen molar-refractivity contribution < 1.29 is 13.2 Å². The number of aromatic nitrogens is 1. The molecule has 2 heterocycles. The van der Waals surface area contributed by atoms with Crippen molar-refractivity contribution in [1.82, 2.24) is 14.2 Å². The summed E-state index contributed by atoms with van der Waals surface area (Å²) < 4.78 is 29.4. The molecule has 0 atom stereocenters. The number of carbonyl (C=O) groups excluding carboxylic acids is 1. The van der Waals surface area contributed by atoms with Crippen molar-refractivity contribution in [3.8, 4) is 0 Å². The maximum absolute atomic E-state index is 12.6. The average molecular weight is 424 g/mol. The van der Waals surface area contributed by atoms with Crippen molar-refractivity contribution in [1.29, 1.82) is 0 Å². The molecule has 1 aliphatic rings. The first-order valence-electron chi connectivity index (χ1n) is 9.47. The lowest BCUT2D eigenvalue weighted by Crippen LogP contribution is -2.45. The van der Waals surface area contributed by atoms with Crippen molar-refractivity contribution in [2.45, 2.75) is 44.9 Å². The Morgan fingerprint density at radius 2 is 2.00 bits per heavy atom. The molecule has 1 amide bonds. The Balaban J connectivity index is 1.54. The van der Waals surface area contributed by atoms with Crippen molar-refractivity contribution in [3.05, 3.63) is 47.3 Å². The molecule has 8 heteroatoms. The molecule has 1 aliphatic heterocycles. The number of nitrogens with zero attached hydrogens (tertiary/aromatic N) is 2. The molecule has 0 spiro atoms. The molecule has 1 aromatic carbocycles. The molecule has 6 nitrogen and oxygen atoms in total. The highest BCUT2D eigenvalue weighted by atomic mass is 35.5. The molecule has 0 bridgehead atoms. The maximum Gasteiger partial charge on any atom is 0.235 e. The third-order valence-electron chi connectivity index (χ3n) is 5.27. The SMILES string of the molecule is C/C=C(\C)NS(=O)(=O)C1CCN(C(=O)CCn2ccc3cc(Cl)ccc32)CC1. The van der Waals surface area contributed by atoms with Crippen LogP contribution >= 0.6 is 11.6 Å². The number of allylic oxidation sites excluding steroid dienone is 2. The van der Waals surface area contributed by atoms with Gasteiger partial charge in [0.15, 0.2) is 0 Å². The number of piperidine rings is 1. The fourth-order valence-corrected chi connectivity index (χ4v) is 5.27. The van der Waals surface area contributed by atoms with E-state index in [9.17, 15) is 13.2 Å². The van der Waals surface area contributed by atoms with E-state index >= 15 is 0 Å². The molecule has 2 aromatic rings. The Morgan fingerprint density at radius 1 is 1.29 bits per heavy atom. The van der Waals surface area contributed by atoms with Gasteiger partial charge in [-0.15, -0.1) is 0 Å². The normalized spacial score (nSPS) is 16.5. The summed E-state index contributed by atoms with van der Waals surface area (Å²) >= 11 is 6.02. The number of halogens is 1. The quantitative estimate of drug-likeness (QED) is 0.772. The molecule has 0 unspecified atom stereocenters. The van der Waals surface area contributed by atoms with Crippen LogP contribution in [0.4, 0.5) is 0 Å². The number of nitrogens with one attached hydrogen (secondary N) is 1. The third-order valence-corrected chi connectivity index (χ3v) is 7.46. The first-order valence-corrected chi connectivity index (χ1v) is 11.4. The van der Waals surface area contributed by atoms with Crippen LogP contribution in [0.3, 0.4) is 0 Å². The summed E-state index contributed by atoms with van der Waals surface area (Å²) in [6.45, 7) is 5.06. The van der Waals surface area contributed by atoms with Crippen LogP contribution in [0.2, 0.25) is 5.02 Å². The second-order valence-electron chi connectivity index (χ2n) is 7.16. The summed E-state index contributed by atoms with van der Waals surface area (Å²) in [5.74, 6) is 0.0595. The molecule has 1 saturated heterocycles. The van der Waals surface area contributed by atoms with E-state index < -0.39 is 15.3 Å². The van der Waals surface area contributed by atoms with Gasteiger partial charge in [0.25, 0.3) is 0 Å². The molecule has 1 aromatic heterocycles. The lowest BCUT2D eigenvalue weighted by atomic mass is 10.1. The monoisotopic (exact) mass is 423 g/mol. The summed E-state index contributed by atoms with van der Waals surface area (Å²) in [6, 6.07) is 7.70. The van der Waals surface area contributed by atoms with E-state index in [1.807, 2.05) is 35.0 Å². The summed E-state index contributed by atoms with van der Waals surface area (Å²) in [5, 5.41) is 1.29. The predicted octanol–water partition coefficient (Wildman–Crippen LogP) is 3.52. The average Bonchev–Trinajstić information content (AvgIpc) is 3.07. The minimum absolute atomic E-state index is 0.0595. The standard InChI is InChI=1S/C20H26ClN3O3S/c1-3-15(2)22-28(26,27)18-7-11-24(12-8-18)20(25)9-13-23-10-6-16-14-17(21)4-5-19(16)23/h3-6,10,14,18,22H,7-9,11-13H2,1-2H3/b15-3+. The minimum atomic E-state index is -3.39. The van der Waals surface area contributed by atoms with Gasteiger partial charge in [-0.1, -0.05) is 17.7 Å². The highest BCUT2D eigenvalue weighted by molar-refractivity contribution is 7.90. The van der Waals surface area contributed by atoms with Crippen molar-refractivity contribution >= 4 is 38.4 Å². The van der Waals surface area contributed by atoms with Gasteiger partial charge in [-0.2, -0.15) is 0 Å². The number of fused-ring (bicyclic) bond motifs is 1. The van der Waals surface area contributed by atoms with E-state index in [1.54, 1.807) is 24.8 Å². The second kappa shape index (κ2) is 8.57. The van der Waals surface area contributed by atoms with Crippen LogP contribution in [-0.4, -0.2) is 42.1 Å². The zero-order chi connectivity index (χ0) is 20.3. The molecule has 3 rings (SSSR count). The first-order chi connectivity index (χ1) is 13.3. The summed E-state index contributed by atoms with van der Waals surface area (Å²) in [5.41, 5.74) is 1.67. The number of carbonyl (C=O) groups is 1. The van der Waals surface area contributed by atoms with Gasteiger partial charge in [0.2, 0.25) is 15.9 Å². The summed E-state index contributed by atoms with van der Waals surface area (Å²) in [4.78, 5) is 14.4. The minimum Gasteiger partial charge on any atom is -0.347 e. The third kappa shape index (κ3) is 4.70. The van der Waals surface area contributed by atoms with E-state index in [4.69, 9.17) is 11.6 Å². The van der Waals surface area contributed by atoms with E-state index in [0.29, 0.717) is 49.6 Å². The van der Waals surface area contributed by atoms with Gasteiger partial charge in [-0.25, -0.2) is 8.42 Å². The number of hydrogen-bond donors (Lipinski definition) is 1. The molecule has 1 fully saturated rings. The van der Waals surface area contributed by atoms with Gasteiger partial charge in [0, 0.05) is 53.9 Å². The van der Waals surface area contributed by atoms with Crippen LogP contribution in [0.5, 0.6) is 0 Å². The molecule has 0 radical (unpaired) electrons. The van der Waals surface area contributed by atoms with Gasteiger partial charge in [0.05, 0.1) is 5.25 Å². The fraction of sp³-hybridized carbons (Fsp3) is 0.450. The van der Waals surface area contributed by atoms with Crippen LogP contribution in [-0.2, 0) is 21.4 Å². The van der Waals surface area contributed by atoms with E-state index in [0.717, 1.165) is 10.9 Å². The highest BCUT2D eigenvalue weighted by Gasteiger charge is 2.31. The van der Waals surface area contributed by atoms with Crippen LogP contribution in [0.1, 0.15) is 33.1 Å². The Kier molecular flexibility index (Phi) is 6.35. The van der Waals surface area contributed by atoms with Gasteiger partial charge in [-0.3, -0.25) is 9.52 Å². The van der Waals surface area contributed by atoms with Gasteiger partial charge in [-0.05, 0) is 51.0 Å². The molecule has 0 saturated carbocycles. The van der Waals surface area contributed by atoms with Gasteiger partial charge >= 0.3 is 0 Å². The van der Waals surface area contributed by atoms with Gasteiger partial charge < -0.3 is 9.47 Å². The number of rotatable bonds is 6. The number of amides is 1. The fourth-order valence-electron chi connectivity index (χ4n) is 3.52. The maximum atomic E-state index is 12.6. The van der Waals surface area contributed by atoms with Crippen LogP contribution in [0, 0.1) is 0 Å². The Hall–Kier alpha value is -1.99. The van der Waals surface area contributed by atoms with Crippen LogP contribution < -0.4 is 4.72 Å². The highest BCUT2D eigenvalue weighted by Crippen LogP contribution is 2.22. The van der Waals surface area contributed by atoms with Crippen LogP contribution in [0.25, 0.3) is 10.9 Å². The molecular weight excluding hydrogens is 398 g/mol. The second-order valence-corrected chi connectivity index (χ2v) is 9.56. The molecule has 1 N–H and O–H groups in total. The van der Waals surface area contributed by atoms with Gasteiger partial charge in [0.1, 0.15) is 0 Å². The lowest BCUT2D eigenvalue weighted by molar-refractivity contribution is -0.132. The van der Waals surface area contributed by atoms with E-state index in [1.165, 1.54) is 0 Å².